The number of benzene rings is 1. The second-order valence-corrected chi connectivity index (χ2v) is 6.28. The van der Waals surface area contributed by atoms with Gasteiger partial charge < -0.3 is 9.64 Å². The van der Waals surface area contributed by atoms with Crippen molar-refractivity contribution in [3.63, 3.8) is 0 Å². The van der Waals surface area contributed by atoms with E-state index in [0.29, 0.717) is 0 Å². The van der Waals surface area contributed by atoms with Gasteiger partial charge in [-0.2, -0.15) is 0 Å². The molecule has 0 unspecified atom stereocenters. The Morgan fingerprint density at radius 2 is 1.82 bits per heavy atom. The second kappa shape index (κ2) is 7.86. The molecular formula is C18H25FN2O. The Morgan fingerprint density at radius 3 is 2.50 bits per heavy atom. The maximum atomic E-state index is 12.8. The van der Waals surface area contributed by atoms with Crippen LogP contribution >= 0.6 is 0 Å². The Morgan fingerprint density at radius 1 is 1.09 bits per heavy atom. The first-order valence-corrected chi connectivity index (χ1v) is 8.24. The van der Waals surface area contributed by atoms with E-state index < -0.39 is 0 Å². The van der Waals surface area contributed by atoms with E-state index in [0.717, 1.165) is 57.4 Å². The molecule has 2 fully saturated rings. The molecule has 1 aromatic carbocycles. The van der Waals surface area contributed by atoms with Crippen LogP contribution < -0.4 is 0 Å². The zero-order valence-electron chi connectivity index (χ0n) is 13.1. The highest BCUT2D eigenvalue weighted by Gasteiger charge is 2.22. The van der Waals surface area contributed by atoms with Gasteiger partial charge in [-0.15, -0.1) is 0 Å². The van der Waals surface area contributed by atoms with E-state index in [1.165, 1.54) is 25.1 Å². The summed E-state index contributed by atoms with van der Waals surface area (Å²) in [7, 11) is 0. The Labute approximate surface area is 132 Å². The first-order chi connectivity index (χ1) is 10.8. The van der Waals surface area contributed by atoms with Gasteiger partial charge in [-0.25, -0.2) is 4.39 Å². The molecule has 0 aromatic heterocycles. The van der Waals surface area contributed by atoms with E-state index in [-0.39, 0.29) is 5.82 Å². The van der Waals surface area contributed by atoms with E-state index in [4.69, 9.17) is 4.74 Å². The molecule has 2 saturated heterocycles. The number of hydrogen-bond donors (Lipinski definition) is 0. The molecule has 0 amide bonds. The Bertz CT molecular complexity index is 474. The Balaban J connectivity index is 1.37. The summed E-state index contributed by atoms with van der Waals surface area (Å²) < 4.78 is 18.3. The lowest BCUT2D eigenvalue weighted by molar-refractivity contribution is 0.117. The standard InChI is InChI=1S/C18H25FN2O/c19-18-5-3-16(4-6-18)2-1-8-20-9-11-21(12-10-20)14-17-7-13-22-15-17/h1-6,17H,7-15H2/b2-1+/t17-/m0/s1. The predicted octanol–water partition coefficient (Wildman–Crippen LogP) is 2.49. The van der Waals surface area contributed by atoms with Crippen molar-refractivity contribution < 1.29 is 9.13 Å². The van der Waals surface area contributed by atoms with Gasteiger partial charge in [0.1, 0.15) is 5.82 Å². The molecule has 2 aliphatic heterocycles. The van der Waals surface area contributed by atoms with Crippen molar-refractivity contribution in [2.75, 3.05) is 52.5 Å². The van der Waals surface area contributed by atoms with Crippen molar-refractivity contribution in [2.24, 2.45) is 5.92 Å². The topological polar surface area (TPSA) is 15.7 Å². The third kappa shape index (κ3) is 4.63. The van der Waals surface area contributed by atoms with Crippen LogP contribution in [0.25, 0.3) is 6.08 Å². The van der Waals surface area contributed by atoms with Crippen LogP contribution in [0.15, 0.2) is 30.3 Å². The average Bonchev–Trinajstić information content (AvgIpc) is 3.04. The van der Waals surface area contributed by atoms with Crippen LogP contribution in [0.4, 0.5) is 4.39 Å². The molecule has 3 rings (SSSR count). The fourth-order valence-electron chi connectivity index (χ4n) is 3.16. The molecule has 0 bridgehead atoms. The maximum absolute atomic E-state index is 12.8. The van der Waals surface area contributed by atoms with E-state index in [9.17, 15) is 4.39 Å². The summed E-state index contributed by atoms with van der Waals surface area (Å²) in [5.41, 5.74) is 1.06. The van der Waals surface area contributed by atoms with Crippen molar-refractivity contribution in [3.05, 3.63) is 41.7 Å². The molecule has 0 radical (unpaired) electrons. The number of ether oxygens (including phenoxy) is 1. The van der Waals surface area contributed by atoms with Crippen molar-refractivity contribution in [3.8, 4) is 0 Å². The maximum Gasteiger partial charge on any atom is 0.123 e. The summed E-state index contributed by atoms with van der Waals surface area (Å²) in [6.07, 6.45) is 5.47. The molecule has 2 heterocycles. The third-order valence-electron chi connectivity index (χ3n) is 4.55. The molecule has 0 saturated carbocycles. The van der Waals surface area contributed by atoms with Gasteiger partial charge in [0.05, 0.1) is 6.61 Å². The minimum Gasteiger partial charge on any atom is -0.381 e. The monoisotopic (exact) mass is 304 g/mol. The number of halogens is 1. The number of hydrogen-bond acceptors (Lipinski definition) is 3. The highest BCUT2D eigenvalue weighted by Crippen LogP contribution is 2.15. The van der Waals surface area contributed by atoms with Crippen LogP contribution in [-0.4, -0.2) is 62.3 Å². The van der Waals surface area contributed by atoms with Crippen molar-refractivity contribution in [1.82, 2.24) is 9.80 Å². The third-order valence-corrected chi connectivity index (χ3v) is 4.55. The number of piperazine rings is 1. The lowest BCUT2D eigenvalue weighted by Gasteiger charge is -2.35. The molecular weight excluding hydrogens is 279 g/mol. The molecule has 0 aliphatic carbocycles. The van der Waals surface area contributed by atoms with Gasteiger partial charge in [0.15, 0.2) is 0 Å². The first kappa shape index (κ1) is 15.7. The molecule has 2 aliphatic rings. The van der Waals surface area contributed by atoms with Crippen LogP contribution in [0.2, 0.25) is 0 Å². The van der Waals surface area contributed by atoms with Gasteiger partial charge in [-0.3, -0.25) is 4.90 Å². The molecule has 22 heavy (non-hydrogen) atoms. The van der Waals surface area contributed by atoms with Crippen LogP contribution in [-0.2, 0) is 4.74 Å². The van der Waals surface area contributed by atoms with Crippen molar-refractivity contribution in [2.45, 2.75) is 6.42 Å². The van der Waals surface area contributed by atoms with E-state index >= 15 is 0 Å². The molecule has 1 aromatic rings. The molecule has 0 N–H and O–H groups in total. The quantitative estimate of drug-likeness (QED) is 0.831. The number of rotatable bonds is 5. The van der Waals surface area contributed by atoms with Gasteiger partial charge >= 0.3 is 0 Å². The fourth-order valence-corrected chi connectivity index (χ4v) is 3.16. The van der Waals surface area contributed by atoms with Gasteiger partial charge in [-0.05, 0) is 30.0 Å². The summed E-state index contributed by atoms with van der Waals surface area (Å²) in [5, 5.41) is 0. The summed E-state index contributed by atoms with van der Waals surface area (Å²) in [6.45, 7) is 8.61. The average molecular weight is 304 g/mol. The van der Waals surface area contributed by atoms with Gasteiger partial charge in [0.25, 0.3) is 0 Å². The van der Waals surface area contributed by atoms with Crippen LogP contribution in [0, 0.1) is 11.7 Å². The van der Waals surface area contributed by atoms with Crippen LogP contribution in [0.3, 0.4) is 0 Å². The summed E-state index contributed by atoms with van der Waals surface area (Å²) in [4.78, 5) is 5.04. The minimum absolute atomic E-state index is 0.180. The fraction of sp³-hybridized carbons (Fsp3) is 0.556. The Hall–Kier alpha value is -1.23. The van der Waals surface area contributed by atoms with Crippen molar-refractivity contribution >= 4 is 6.08 Å². The first-order valence-electron chi connectivity index (χ1n) is 8.24. The lowest BCUT2D eigenvalue weighted by atomic mass is 10.1. The minimum atomic E-state index is -0.180. The zero-order valence-corrected chi connectivity index (χ0v) is 13.1. The van der Waals surface area contributed by atoms with Crippen LogP contribution in [0.5, 0.6) is 0 Å². The van der Waals surface area contributed by atoms with Gasteiger partial charge in [-0.1, -0.05) is 24.3 Å². The van der Waals surface area contributed by atoms with Gasteiger partial charge in [0, 0.05) is 45.9 Å². The zero-order chi connectivity index (χ0) is 15.2. The van der Waals surface area contributed by atoms with Gasteiger partial charge in [0.2, 0.25) is 0 Å². The smallest absolute Gasteiger partial charge is 0.123 e. The largest absolute Gasteiger partial charge is 0.381 e. The summed E-state index contributed by atoms with van der Waals surface area (Å²) >= 11 is 0. The van der Waals surface area contributed by atoms with Crippen molar-refractivity contribution in [1.29, 1.82) is 0 Å². The SMILES string of the molecule is Fc1ccc(/C=C/CN2CCN(C[C@@H]3CCOC3)CC2)cc1. The molecule has 4 heteroatoms. The molecule has 0 spiro atoms. The lowest BCUT2D eigenvalue weighted by Crippen LogP contribution is -2.47. The van der Waals surface area contributed by atoms with Crippen LogP contribution in [0.1, 0.15) is 12.0 Å². The van der Waals surface area contributed by atoms with E-state index in [2.05, 4.69) is 22.0 Å². The molecule has 120 valence electrons. The normalized spacial score (nSPS) is 24.3. The van der Waals surface area contributed by atoms with E-state index in [1.807, 2.05) is 12.1 Å². The second-order valence-electron chi connectivity index (χ2n) is 6.28. The highest BCUT2D eigenvalue weighted by atomic mass is 19.1. The number of nitrogens with zero attached hydrogens (tertiary/aromatic N) is 2. The molecule has 1 atom stereocenters. The van der Waals surface area contributed by atoms with E-state index in [1.54, 1.807) is 0 Å². The summed E-state index contributed by atoms with van der Waals surface area (Å²) in [5.74, 6) is 0.561. The summed E-state index contributed by atoms with van der Waals surface area (Å²) in [6, 6.07) is 6.64. The Kier molecular flexibility index (Phi) is 5.59. The molecule has 3 nitrogen and oxygen atoms in total. The predicted molar refractivity (Wildman–Crippen MR) is 87.2 cm³/mol. The highest BCUT2D eigenvalue weighted by molar-refractivity contribution is 5.48.